The Bertz CT molecular complexity index is 791. The summed E-state index contributed by atoms with van der Waals surface area (Å²) < 4.78 is 37.3. The standard InChI is InChI=1S/C23H33NO3S/c1-2-3-4-5-6-7-8-9-11-17-22(24-19-14-10-15-20-24)21-16-12-13-18-23(21)28(25,26)27/h10,12-16,18-20,22H,2-9,11,17H2,1H3. The fourth-order valence-corrected chi connectivity index (χ4v) is 4.45. The van der Waals surface area contributed by atoms with E-state index in [1.807, 2.05) is 35.2 Å². The molecule has 0 spiro atoms. The molecule has 1 aromatic heterocycles. The first-order chi connectivity index (χ1) is 13.5. The van der Waals surface area contributed by atoms with Crippen molar-refractivity contribution >= 4 is 10.1 Å². The molecule has 0 N–H and O–H groups in total. The molecule has 1 aromatic carbocycles. The normalized spacial score (nSPS) is 12.8. The molecule has 0 amide bonds. The van der Waals surface area contributed by atoms with Crippen molar-refractivity contribution in [1.29, 1.82) is 0 Å². The monoisotopic (exact) mass is 403 g/mol. The van der Waals surface area contributed by atoms with Gasteiger partial charge in [0, 0.05) is 24.1 Å². The Labute approximate surface area is 170 Å². The third-order valence-corrected chi connectivity index (χ3v) is 6.14. The second-order valence-electron chi connectivity index (χ2n) is 7.45. The van der Waals surface area contributed by atoms with Gasteiger partial charge in [0.05, 0.1) is 4.90 Å². The summed E-state index contributed by atoms with van der Waals surface area (Å²) in [6, 6.07) is 12.2. The summed E-state index contributed by atoms with van der Waals surface area (Å²) in [5.74, 6) is 0. The van der Waals surface area contributed by atoms with Crippen molar-refractivity contribution in [3.8, 4) is 0 Å². The zero-order valence-electron chi connectivity index (χ0n) is 16.9. The lowest BCUT2D eigenvalue weighted by Gasteiger charge is -2.18. The fourth-order valence-electron chi connectivity index (χ4n) is 3.72. The van der Waals surface area contributed by atoms with E-state index < -0.39 is 10.1 Å². The molecule has 1 atom stereocenters. The van der Waals surface area contributed by atoms with Crippen LogP contribution in [0.5, 0.6) is 0 Å². The van der Waals surface area contributed by atoms with Gasteiger partial charge in [-0.25, -0.2) is 8.42 Å². The number of rotatable bonds is 13. The van der Waals surface area contributed by atoms with E-state index in [2.05, 4.69) is 6.92 Å². The maximum absolute atomic E-state index is 11.7. The van der Waals surface area contributed by atoms with E-state index in [4.69, 9.17) is 0 Å². The van der Waals surface area contributed by atoms with Crippen LogP contribution in [0.25, 0.3) is 0 Å². The summed E-state index contributed by atoms with van der Waals surface area (Å²) in [6.45, 7) is 2.23. The van der Waals surface area contributed by atoms with Crippen LogP contribution in [0.15, 0.2) is 59.8 Å². The van der Waals surface area contributed by atoms with E-state index in [9.17, 15) is 13.0 Å². The SMILES string of the molecule is CCCCCCCCCCCC(c1ccccc1S(=O)(=O)[O-])[n+]1ccccc1. The minimum absolute atomic E-state index is 0.104. The number of benzene rings is 1. The lowest BCUT2D eigenvalue weighted by Crippen LogP contribution is -2.40. The lowest BCUT2D eigenvalue weighted by atomic mass is 9.98. The molecule has 154 valence electrons. The lowest BCUT2D eigenvalue weighted by molar-refractivity contribution is -0.715. The molecule has 1 heterocycles. The summed E-state index contributed by atoms with van der Waals surface area (Å²) in [7, 11) is -4.50. The van der Waals surface area contributed by atoms with Crippen LogP contribution in [0.2, 0.25) is 0 Å². The maximum atomic E-state index is 11.7. The molecule has 5 heteroatoms. The van der Waals surface area contributed by atoms with Gasteiger partial charge in [0.15, 0.2) is 18.4 Å². The molecule has 0 fully saturated rings. The van der Waals surface area contributed by atoms with E-state index in [-0.39, 0.29) is 10.9 Å². The minimum atomic E-state index is -4.50. The molecule has 1 unspecified atom stereocenters. The average Bonchev–Trinajstić information content (AvgIpc) is 2.69. The van der Waals surface area contributed by atoms with Gasteiger partial charge in [-0.2, -0.15) is 4.57 Å². The summed E-state index contributed by atoms with van der Waals surface area (Å²) in [5.41, 5.74) is 0.591. The molecule has 4 nitrogen and oxygen atoms in total. The third-order valence-electron chi connectivity index (χ3n) is 5.23. The van der Waals surface area contributed by atoms with E-state index in [0.717, 1.165) is 19.3 Å². The second kappa shape index (κ2) is 12.0. The molecule has 0 aliphatic heterocycles. The first kappa shape index (κ1) is 22.6. The summed E-state index contributed by atoms with van der Waals surface area (Å²) in [5, 5.41) is 0. The van der Waals surface area contributed by atoms with Gasteiger partial charge in [-0.15, -0.1) is 0 Å². The highest BCUT2D eigenvalue weighted by molar-refractivity contribution is 7.85. The van der Waals surface area contributed by atoms with Crippen molar-refractivity contribution in [3.05, 3.63) is 60.4 Å². The van der Waals surface area contributed by atoms with Gasteiger partial charge in [0.1, 0.15) is 10.1 Å². The molecule has 0 radical (unpaired) electrons. The molecule has 28 heavy (non-hydrogen) atoms. The van der Waals surface area contributed by atoms with E-state index in [1.54, 1.807) is 18.2 Å². The van der Waals surface area contributed by atoms with Crippen LogP contribution in [-0.4, -0.2) is 13.0 Å². The summed E-state index contributed by atoms with van der Waals surface area (Å²) in [6.07, 6.45) is 15.9. The van der Waals surface area contributed by atoms with Crippen molar-refractivity contribution in [2.45, 2.75) is 82.1 Å². The number of unbranched alkanes of at least 4 members (excludes halogenated alkanes) is 8. The number of hydrogen-bond donors (Lipinski definition) is 0. The zero-order valence-corrected chi connectivity index (χ0v) is 17.7. The molecular weight excluding hydrogens is 370 g/mol. The minimum Gasteiger partial charge on any atom is -0.744 e. The van der Waals surface area contributed by atoms with E-state index in [0.29, 0.717) is 5.56 Å². The Hall–Kier alpha value is -1.72. The third kappa shape index (κ3) is 7.36. The summed E-state index contributed by atoms with van der Waals surface area (Å²) >= 11 is 0. The van der Waals surface area contributed by atoms with Gasteiger partial charge in [0.2, 0.25) is 0 Å². The van der Waals surface area contributed by atoms with Crippen molar-refractivity contribution in [2.75, 3.05) is 0 Å². The predicted molar refractivity (Wildman–Crippen MR) is 111 cm³/mol. The highest BCUT2D eigenvalue weighted by Crippen LogP contribution is 2.26. The Morgan fingerprint density at radius 1 is 0.821 bits per heavy atom. The van der Waals surface area contributed by atoms with Crippen molar-refractivity contribution < 1.29 is 17.5 Å². The maximum Gasteiger partial charge on any atom is 0.184 e. The highest BCUT2D eigenvalue weighted by Gasteiger charge is 2.25. The molecule has 0 saturated heterocycles. The van der Waals surface area contributed by atoms with Crippen molar-refractivity contribution in [1.82, 2.24) is 0 Å². The Balaban J connectivity index is 2.00. The van der Waals surface area contributed by atoms with E-state index >= 15 is 0 Å². The van der Waals surface area contributed by atoms with Crippen molar-refractivity contribution in [3.63, 3.8) is 0 Å². The van der Waals surface area contributed by atoms with Crippen LogP contribution in [0.1, 0.15) is 82.7 Å². The molecule has 0 aliphatic carbocycles. The van der Waals surface area contributed by atoms with Gasteiger partial charge < -0.3 is 4.55 Å². The van der Waals surface area contributed by atoms with E-state index in [1.165, 1.54) is 51.0 Å². The quantitative estimate of drug-likeness (QED) is 0.256. The Morgan fingerprint density at radius 3 is 2.00 bits per heavy atom. The molecule has 2 rings (SSSR count). The van der Waals surface area contributed by atoms with Gasteiger partial charge in [-0.05, 0) is 12.5 Å². The molecule has 0 aliphatic rings. The number of pyridine rings is 1. The second-order valence-corrected chi connectivity index (χ2v) is 8.80. The van der Waals surface area contributed by atoms with Crippen LogP contribution >= 0.6 is 0 Å². The van der Waals surface area contributed by atoms with Gasteiger partial charge in [-0.1, -0.05) is 82.6 Å². The van der Waals surface area contributed by atoms with Gasteiger partial charge in [-0.3, -0.25) is 0 Å². The number of hydrogen-bond acceptors (Lipinski definition) is 3. The number of nitrogens with zero attached hydrogens (tertiary/aromatic N) is 1. The predicted octanol–water partition coefficient (Wildman–Crippen LogP) is 5.39. The zero-order chi connectivity index (χ0) is 20.2. The smallest absolute Gasteiger partial charge is 0.184 e. The number of aromatic nitrogens is 1. The first-order valence-corrected chi connectivity index (χ1v) is 12.0. The fraction of sp³-hybridized carbons (Fsp3) is 0.522. The Morgan fingerprint density at radius 2 is 1.39 bits per heavy atom. The first-order valence-electron chi connectivity index (χ1n) is 10.5. The topological polar surface area (TPSA) is 61.1 Å². The van der Waals surface area contributed by atoms with Crippen molar-refractivity contribution in [2.24, 2.45) is 0 Å². The van der Waals surface area contributed by atoms with Crippen LogP contribution in [0.4, 0.5) is 0 Å². The van der Waals surface area contributed by atoms with Crippen LogP contribution in [-0.2, 0) is 10.1 Å². The largest absolute Gasteiger partial charge is 0.744 e. The molecule has 0 bridgehead atoms. The van der Waals surface area contributed by atoms with Gasteiger partial charge in [0.25, 0.3) is 0 Å². The molecule has 2 aromatic rings. The molecule has 0 saturated carbocycles. The highest BCUT2D eigenvalue weighted by atomic mass is 32.2. The van der Waals surface area contributed by atoms with Crippen LogP contribution in [0.3, 0.4) is 0 Å². The van der Waals surface area contributed by atoms with Gasteiger partial charge >= 0.3 is 0 Å². The summed E-state index contributed by atoms with van der Waals surface area (Å²) in [4.78, 5) is -0.104. The van der Waals surface area contributed by atoms with Crippen LogP contribution in [0, 0.1) is 0 Å². The Kier molecular flexibility index (Phi) is 9.65. The van der Waals surface area contributed by atoms with Crippen LogP contribution < -0.4 is 4.57 Å². The molecular formula is C23H33NO3S. The average molecular weight is 404 g/mol.